The first-order valence-corrected chi connectivity index (χ1v) is 7.40. The Balaban J connectivity index is 2.16. The number of rotatable bonds is 4. The molecule has 23 heavy (non-hydrogen) atoms. The molecule has 0 atom stereocenters. The number of amides is 2. The zero-order chi connectivity index (χ0) is 17.0. The first kappa shape index (κ1) is 16.8. The Morgan fingerprint density at radius 3 is 2.30 bits per heavy atom. The molecule has 6 heteroatoms. The van der Waals surface area contributed by atoms with Crippen molar-refractivity contribution in [2.75, 3.05) is 29.6 Å². The van der Waals surface area contributed by atoms with Crippen molar-refractivity contribution in [1.82, 2.24) is 0 Å². The average molecular weight is 332 g/mol. The maximum Gasteiger partial charge on any atom is 0.255 e. The quantitative estimate of drug-likeness (QED) is 0.899. The lowest BCUT2D eigenvalue weighted by Gasteiger charge is -2.15. The topological polar surface area (TPSA) is 61.4 Å². The van der Waals surface area contributed by atoms with E-state index in [1.165, 1.54) is 6.92 Å². The molecule has 0 aromatic heterocycles. The van der Waals surface area contributed by atoms with Gasteiger partial charge in [0.2, 0.25) is 5.91 Å². The lowest BCUT2D eigenvalue weighted by molar-refractivity contribution is -0.114. The first-order chi connectivity index (χ1) is 10.9. The summed E-state index contributed by atoms with van der Waals surface area (Å²) >= 11 is 6.20. The molecule has 2 aromatic carbocycles. The largest absolute Gasteiger partial charge is 0.376 e. The van der Waals surface area contributed by atoms with Crippen LogP contribution in [0.25, 0.3) is 0 Å². The summed E-state index contributed by atoms with van der Waals surface area (Å²) in [6, 6.07) is 12.1. The van der Waals surface area contributed by atoms with Gasteiger partial charge in [-0.2, -0.15) is 0 Å². The molecule has 2 amide bonds. The molecule has 0 heterocycles. The zero-order valence-corrected chi connectivity index (χ0v) is 13.9. The van der Waals surface area contributed by atoms with Crippen LogP contribution in [0.5, 0.6) is 0 Å². The summed E-state index contributed by atoms with van der Waals surface area (Å²) in [7, 11) is 3.79. The van der Waals surface area contributed by atoms with Crippen LogP contribution in [0.1, 0.15) is 17.3 Å². The molecule has 0 aliphatic carbocycles. The molecule has 0 saturated heterocycles. The van der Waals surface area contributed by atoms with E-state index >= 15 is 0 Å². The van der Waals surface area contributed by atoms with E-state index in [0.717, 1.165) is 5.69 Å². The van der Waals surface area contributed by atoms with E-state index in [9.17, 15) is 9.59 Å². The van der Waals surface area contributed by atoms with E-state index in [4.69, 9.17) is 11.6 Å². The Hall–Kier alpha value is -2.53. The number of carbonyl (C=O) groups is 2. The van der Waals surface area contributed by atoms with Crippen molar-refractivity contribution in [2.24, 2.45) is 0 Å². The molecular weight excluding hydrogens is 314 g/mol. The highest BCUT2D eigenvalue weighted by Crippen LogP contribution is 2.27. The Morgan fingerprint density at radius 2 is 1.70 bits per heavy atom. The molecule has 2 rings (SSSR count). The van der Waals surface area contributed by atoms with Gasteiger partial charge in [-0.3, -0.25) is 9.59 Å². The minimum Gasteiger partial charge on any atom is -0.376 e. The van der Waals surface area contributed by atoms with Gasteiger partial charge in [-0.05, 0) is 36.4 Å². The average Bonchev–Trinajstić information content (AvgIpc) is 2.46. The third-order valence-corrected chi connectivity index (χ3v) is 3.44. The number of nitrogens with one attached hydrogen (secondary N) is 2. The van der Waals surface area contributed by atoms with Gasteiger partial charge in [0.05, 0.1) is 10.7 Å². The summed E-state index contributed by atoms with van der Waals surface area (Å²) in [5.74, 6) is -0.459. The molecule has 5 nitrogen and oxygen atoms in total. The summed E-state index contributed by atoms with van der Waals surface area (Å²) in [4.78, 5) is 25.3. The Kier molecular flexibility index (Phi) is 5.24. The molecule has 2 aromatic rings. The smallest absolute Gasteiger partial charge is 0.255 e. The zero-order valence-electron chi connectivity index (χ0n) is 13.2. The van der Waals surface area contributed by atoms with Gasteiger partial charge in [-0.1, -0.05) is 17.7 Å². The number of carbonyl (C=O) groups excluding carboxylic acids is 2. The van der Waals surface area contributed by atoms with E-state index in [2.05, 4.69) is 10.6 Å². The van der Waals surface area contributed by atoms with Crippen LogP contribution < -0.4 is 15.5 Å². The summed E-state index contributed by atoms with van der Waals surface area (Å²) in [5, 5.41) is 5.99. The van der Waals surface area contributed by atoms with Crippen LogP contribution in [0.15, 0.2) is 42.5 Å². The van der Waals surface area contributed by atoms with Crippen molar-refractivity contribution >= 4 is 40.5 Å². The fourth-order valence-electron chi connectivity index (χ4n) is 2.09. The highest BCUT2D eigenvalue weighted by molar-refractivity contribution is 6.33. The minimum absolute atomic E-state index is 0.186. The molecule has 0 bridgehead atoms. The summed E-state index contributed by atoms with van der Waals surface area (Å²) in [5.41, 5.74) is 2.50. The van der Waals surface area contributed by atoms with Crippen LogP contribution in [-0.2, 0) is 4.79 Å². The maximum atomic E-state index is 12.3. The van der Waals surface area contributed by atoms with Crippen LogP contribution in [0, 0.1) is 0 Å². The van der Waals surface area contributed by atoms with Gasteiger partial charge < -0.3 is 15.5 Å². The number of halogens is 1. The minimum atomic E-state index is -0.272. The fourth-order valence-corrected chi connectivity index (χ4v) is 2.44. The molecule has 0 saturated carbocycles. The van der Waals surface area contributed by atoms with E-state index in [1.807, 2.05) is 25.1 Å². The molecule has 0 aliphatic rings. The second-order valence-electron chi connectivity index (χ2n) is 5.28. The maximum absolute atomic E-state index is 12.3. The first-order valence-electron chi connectivity index (χ1n) is 7.02. The van der Waals surface area contributed by atoms with Crippen LogP contribution >= 0.6 is 11.6 Å². The molecule has 0 fully saturated rings. The highest BCUT2D eigenvalue weighted by atomic mass is 35.5. The van der Waals surface area contributed by atoms with Gasteiger partial charge in [0.1, 0.15) is 0 Å². The van der Waals surface area contributed by atoms with Crippen molar-refractivity contribution in [3.63, 3.8) is 0 Å². The lowest BCUT2D eigenvalue weighted by atomic mass is 10.1. The summed E-state index contributed by atoms with van der Waals surface area (Å²) in [6.07, 6.45) is 0. The van der Waals surface area contributed by atoms with Gasteiger partial charge in [-0.25, -0.2) is 0 Å². The normalized spacial score (nSPS) is 10.1. The van der Waals surface area contributed by atoms with E-state index in [1.54, 1.807) is 36.4 Å². The lowest BCUT2D eigenvalue weighted by Crippen LogP contribution is -2.14. The molecule has 0 spiro atoms. The summed E-state index contributed by atoms with van der Waals surface area (Å²) in [6.45, 7) is 1.42. The number of anilines is 3. The molecule has 0 radical (unpaired) electrons. The van der Waals surface area contributed by atoms with Crippen LogP contribution in [0.4, 0.5) is 17.1 Å². The molecule has 0 unspecified atom stereocenters. The van der Waals surface area contributed by atoms with Gasteiger partial charge in [-0.15, -0.1) is 0 Å². The Bertz CT molecular complexity index is 744. The fraction of sp³-hybridized carbons (Fsp3) is 0.176. The Labute approximate surface area is 140 Å². The molecule has 0 aliphatic heterocycles. The van der Waals surface area contributed by atoms with Gasteiger partial charge >= 0.3 is 0 Å². The number of benzene rings is 2. The van der Waals surface area contributed by atoms with Crippen LogP contribution in [-0.4, -0.2) is 25.9 Å². The predicted molar refractivity (Wildman–Crippen MR) is 94.5 cm³/mol. The third-order valence-electron chi connectivity index (χ3n) is 3.13. The molecule has 120 valence electrons. The van der Waals surface area contributed by atoms with Crippen molar-refractivity contribution < 1.29 is 9.59 Å². The Morgan fingerprint density at radius 1 is 1.00 bits per heavy atom. The predicted octanol–water partition coefficient (Wildman–Crippen LogP) is 3.62. The third kappa shape index (κ3) is 4.47. The molecular formula is C17H18ClN3O2. The van der Waals surface area contributed by atoms with Crippen molar-refractivity contribution in [3.05, 3.63) is 53.1 Å². The van der Waals surface area contributed by atoms with Crippen molar-refractivity contribution in [1.29, 1.82) is 0 Å². The van der Waals surface area contributed by atoms with Crippen molar-refractivity contribution in [3.8, 4) is 0 Å². The van der Waals surface area contributed by atoms with E-state index < -0.39 is 0 Å². The SMILES string of the molecule is CC(=O)Nc1cccc(C(=O)Nc2ccc(N(C)C)c(Cl)c2)c1. The van der Waals surface area contributed by atoms with Crippen LogP contribution in [0.2, 0.25) is 5.02 Å². The monoisotopic (exact) mass is 331 g/mol. The number of hydrogen-bond acceptors (Lipinski definition) is 3. The van der Waals surface area contributed by atoms with Crippen molar-refractivity contribution in [2.45, 2.75) is 6.92 Å². The van der Waals surface area contributed by atoms with Gasteiger partial charge in [0.15, 0.2) is 0 Å². The van der Waals surface area contributed by atoms with Crippen LogP contribution in [0.3, 0.4) is 0 Å². The second kappa shape index (κ2) is 7.15. The van der Waals surface area contributed by atoms with Gasteiger partial charge in [0.25, 0.3) is 5.91 Å². The van der Waals surface area contributed by atoms with Gasteiger partial charge in [0, 0.05) is 38.0 Å². The van der Waals surface area contributed by atoms with E-state index in [-0.39, 0.29) is 11.8 Å². The highest BCUT2D eigenvalue weighted by Gasteiger charge is 2.09. The molecule has 2 N–H and O–H groups in total. The number of nitrogens with zero attached hydrogens (tertiary/aromatic N) is 1. The van der Waals surface area contributed by atoms with E-state index in [0.29, 0.717) is 22.0 Å². The number of hydrogen-bond donors (Lipinski definition) is 2. The summed E-state index contributed by atoms with van der Waals surface area (Å²) < 4.78 is 0. The standard InChI is InChI=1S/C17H18ClN3O2/c1-11(22)19-13-6-4-5-12(9-13)17(23)20-14-7-8-16(21(2)3)15(18)10-14/h4-10H,1-3H3,(H,19,22)(H,20,23). The second-order valence-corrected chi connectivity index (χ2v) is 5.68.